The van der Waals surface area contributed by atoms with Crippen LogP contribution in [0.5, 0.6) is 0 Å². The third-order valence-corrected chi connectivity index (χ3v) is 7.18. The SMILES string of the molecule is O=S(=O)(NC(=S)NC1CCCCC1)c1cnccc1NC1CCCCCC1. The Hall–Kier alpha value is -1.41. The highest BCUT2D eigenvalue weighted by atomic mass is 32.2. The minimum absolute atomic E-state index is 0.155. The first kappa shape index (κ1) is 20.3. The molecule has 0 unspecified atom stereocenters. The van der Waals surface area contributed by atoms with E-state index in [0.29, 0.717) is 11.7 Å². The summed E-state index contributed by atoms with van der Waals surface area (Å²) >= 11 is 5.26. The summed E-state index contributed by atoms with van der Waals surface area (Å²) in [6.07, 6.45) is 15.6. The smallest absolute Gasteiger partial charge is 0.267 e. The number of nitrogens with one attached hydrogen (secondary N) is 3. The molecule has 3 rings (SSSR count). The molecular formula is C19H30N4O2S2. The Kier molecular flexibility index (Phi) is 7.29. The van der Waals surface area contributed by atoms with Crippen LogP contribution in [0.15, 0.2) is 23.4 Å². The highest BCUT2D eigenvalue weighted by Crippen LogP contribution is 2.25. The van der Waals surface area contributed by atoms with Gasteiger partial charge in [-0.05, 0) is 44.0 Å². The Labute approximate surface area is 168 Å². The Balaban J connectivity index is 1.67. The number of anilines is 1. The van der Waals surface area contributed by atoms with Gasteiger partial charge in [-0.1, -0.05) is 44.9 Å². The van der Waals surface area contributed by atoms with Gasteiger partial charge in [-0.25, -0.2) is 8.42 Å². The van der Waals surface area contributed by atoms with Gasteiger partial charge in [0.25, 0.3) is 10.0 Å². The zero-order valence-electron chi connectivity index (χ0n) is 15.7. The second-order valence-corrected chi connectivity index (χ2v) is 9.68. The molecule has 150 valence electrons. The third-order valence-electron chi connectivity index (χ3n) is 5.46. The number of hydrogen-bond donors (Lipinski definition) is 3. The first-order valence-electron chi connectivity index (χ1n) is 10.1. The van der Waals surface area contributed by atoms with Crippen molar-refractivity contribution < 1.29 is 8.42 Å². The molecule has 27 heavy (non-hydrogen) atoms. The van der Waals surface area contributed by atoms with E-state index in [4.69, 9.17) is 12.2 Å². The predicted octanol–water partition coefficient (Wildman–Crippen LogP) is 3.70. The lowest BCUT2D eigenvalue weighted by molar-refractivity contribution is 0.413. The molecule has 6 nitrogen and oxygen atoms in total. The molecule has 2 fully saturated rings. The largest absolute Gasteiger partial charge is 0.381 e. The summed E-state index contributed by atoms with van der Waals surface area (Å²) in [5.74, 6) is 0. The maximum absolute atomic E-state index is 12.9. The molecule has 0 aliphatic heterocycles. The standard InChI is InChI=1S/C19H30N4O2S2/c24-27(25,23-19(26)22-16-10-6-3-7-11-16)18-14-20-13-12-17(18)21-15-8-4-1-2-5-9-15/h12-16H,1-11H2,(H,20,21)(H2,22,23,26). The molecule has 8 heteroatoms. The van der Waals surface area contributed by atoms with Gasteiger partial charge in [0.15, 0.2) is 5.11 Å². The Morgan fingerprint density at radius 2 is 1.56 bits per heavy atom. The van der Waals surface area contributed by atoms with Crippen molar-refractivity contribution in [2.45, 2.75) is 87.6 Å². The van der Waals surface area contributed by atoms with Gasteiger partial charge in [0.05, 0.1) is 5.69 Å². The van der Waals surface area contributed by atoms with Crippen LogP contribution >= 0.6 is 12.2 Å². The van der Waals surface area contributed by atoms with Gasteiger partial charge in [-0.2, -0.15) is 0 Å². The summed E-state index contributed by atoms with van der Waals surface area (Å²) in [5, 5.41) is 6.75. The van der Waals surface area contributed by atoms with Crippen LogP contribution < -0.4 is 15.4 Å². The van der Waals surface area contributed by atoms with Gasteiger partial charge < -0.3 is 10.6 Å². The second kappa shape index (κ2) is 9.68. The van der Waals surface area contributed by atoms with Crippen molar-refractivity contribution >= 4 is 33.0 Å². The molecule has 1 heterocycles. The predicted molar refractivity (Wildman–Crippen MR) is 112 cm³/mol. The van der Waals surface area contributed by atoms with E-state index in [1.54, 1.807) is 12.3 Å². The van der Waals surface area contributed by atoms with E-state index >= 15 is 0 Å². The van der Waals surface area contributed by atoms with E-state index in [2.05, 4.69) is 20.3 Å². The summed E-state index contributed by atoms with van der Waals surface area (Å²) in [5.41, 5.74) is 0.602. The van der Waals surface area contributed by atoms with Crippen LogP contribution in [0.1, 0.15) is 70.6 Å². The fourth-order valence-electron chi connectivity index (χ4n) is 4.00. The molecule has 2 aliphatic rings. The van der Waals surface area contributed by atoms with E-state index in [1.165, 1.54) is 38.3 Å². The molecule has 1 aromatic heterocycles. The number of hydrogen-bond acceptors (Lipinski definition) is 5. The van der Waals surface area contributed by atoms with Crippen LogP contribution in [0.4, 0.5) is 5.69 Å². The Morgan fingerprint density at radius 1 is 0.963 bits per heavy atom. The minimum atomic E-state index is -3.78. The van der Waals surface area contributed by atoms with Crippen LogP contribution in [0.25, 0.3) is 0 Å². The molecular weight excluding hydrogens is 380 g/mol. The molecule has 0 atom stereocenters. The molecule has 0 aromatic carbocycles. The summed E-state index contributed by atoms with van der Waals surface area (Å²) in [7, 11) is -3.78. The fraction of sp³-hybridized carbons (Fsp3) is 0.684. The van der Waals surface area contributed by atoms with Gasteiger partial charge in [0.2, 0.25) is 0 Å². The molecule has 0 bridgehead atoms. The van der Waals surface area contributed by atoms with Crippen LogP contribution in [0, 0.1) is 0 Å². The van der Waals surface area contributed by atoms with E-state index in [9.17, 15) is 8.42 Å². The maximum atomic E-state index is 12.9. The van der Waals surface area contributed by atoms with E-state index in [0.717, 1.165) is 38.5 Å². The summed E-state index contributed by atoms with van der Waals surface area (Å²) in [4.78, 5) is 4.18. The van der Waals surface area contributed by atoms with Gasteiger partial charge in [0, 0.05) is 24.5 Å². The lowest BCUT2D eigenvalue weighted by atomic mass is 9.96. The van der Waals surface area contributed by atoms with E-state index in [-0.39, 0.29) is 16.0 Å². The summed E-state index contributed by atoms with van der Waals surface area (Å²) < 4.78 is 28.3. The molecule has 2 aliphatic carbocycles. The Bertz CT molecular complexity index is 725. The van der Waals surface area contributed by atoms with Gasteiger partial charge in [0.1, 0.15) is 4.90 Å². The van der Waals surface area contributed by atoms with E-state index < -0.39 is 10.0 Å². The van der Waals surface area contributed by atoms with Crippen LogP contribution in [-0.4, -0.2) is 30.6 Å². The quantitative estimate of drug-likeness (QED) is 0.507. The lowest BCUT2D eigenvalue weighted by Gasteiger charge is -2.24. The highest BCUT2D eigenvalue weighted by Gasteiger charge is 2.23. The lowest BCUT2D eigenvalue weighted by Crippen LogP contribution is -2.45. The Morgan fingerprint density at radius 3 is 2.22 bits per heavy atom. The fourth-order valence-corrected chi connectivity index (χ4v) is 5.52. The van der Waals surface area contributed by atoms with Crippen molar-refractivity contribution in [2.24, 2.45) is 0 Å². The van der Waals surface area contributed by atoms with Crippen molar-refractivity contribution in [3.05, 3.63) is 18.5 Å². The first-order valence-corrected chi connectivity index (χ1v) is 12.0. The van der Waals surface area contributed by atoms with Crippen molar-refractivity contribution in [1.82, 2.24) is 15.0 Å². The van der Waals surface area contributed by atoms with Gasteiger partial charge >= 0.3 is 0 Å². The zero-order chi connectivity index (χ0) is 19.1. The van der Waals surface area contributed by atoms with Crippen molar-refractivity contribution in [1.29, 1.82) is 0 Å². The number of pyridine rings is 1. The molecule has 0 spiro atoms. The summed E-state index contributed by atoms with van der Waals surface area (Å²) in [6, 6.07) is 2.29. The third kappa shape index (κ3) is 6.04. The zero-order valence-corrected chi connectivity index (χ0v) is 17.4. The molecule has 3 N–H and O–H groups in total. The number of thiocarbonyl (C=S) groups is 1. The van der Waals surface area contributed by atoms with Crippen molar-refractivity contribution in [2.75, 3.05) is 5.32 Å². The topological polar surface area (TPSA) is 83.1 Å². The van der Waals surface area contributed by atoms with Crippen molar-refractivity contribution in [3.63, 3.8) is 0 Å². The first-order chi connectivity index (χ1) is 13.0. The average molecular weight is 411 g/mol. The maximum Gasteiger partial charge on any atom is 0.267 e. The van der Waals surface area contributed by atoms with E-state index in [1.807, 2.05) is 0 Å². The summed E-state index contributed by atoms with van der Waals surface area (Å²) in [6.45, 7) is 0. The molecule has 1 aromatic rings. The minimum Gasteiger partial charge on any atom is -0.381 e. The normalized spacial score (nSPS) is 19.9. The second-order valence-electron chi connectivity index (χ2n) is 7.62. The monoisotopic (exact) mass is 410 g/mol. The number of rotatable bonds is 5. The number of sulfonamides is 1. The highest BCUT2D eigenvalue weighted by molar-refractivity contribution is 7.92. The molecule has 0 amide bonds. The van der Waals surface area contributed by atoms with Crippen LogP contribution in [0.3, 0.4) is 0 Å². The average Bonchev–Trinajstić information content (AvgIpc) is 2.91. The van der Waals surface area contributed by atoms with Gasteiger partial charge in [-0.3, -0.25) is 9.71 Å². The van der Waals surface area contributed by atoms with Crippen LogP contribution in [0.2, 0.25) is 0 Å². The molecule has 2 saturated carbocycles. The van der Waals surface area contributed by atoms with Crippen LogP contribution in [-0.2, 0) is 10.0 Å². The molecule has 0 saturated heterocycles. The molecule has 0 radical (unpaired) electrons. The number of aromatic nitrogens is 1. The number of nitrogens with zero attached hydrogens (tertiary/aromatic N) is 1. The van der Waals surface area contributed by atoms with Crippen molar-refractivity contribution in [3.8, 4) is 0 Å². The van der Waals surface area contributed by atoms with Gasteiger partial charge in [-0.15, -0.1) is 0 Å².